The Balaban J connectivity index is 2.39. The number of methoxy groups -OCH3 is 1. The summed E-state index contributed by atoms with van der Waals surface area (Å²) in [6.45, 7) is 13.8. The third-order valence-corrected chi connectivity index (χ3v) is 4.32. The molecule has 2 rings (SSSR count). The highest BCUT2D eigenvalue weighted by Gasteiger charge is 2.21. The molecule has 2 aromatic heterocycles. The van der Waals surface area contributed by atoms with Crippen LogP contribution >= 0.6 is 11.8 Å². The number of amides is 1. The maximum atomic E-state index is 12.0. The number of hydrogen-bond donors (Lipinski definition) is 1. The number of carbonyl (C=O) groups excluding carboxylic acids is 1. The minimum Gasteiger partial charge on any atom is -0.495 e. The van der Waals surface area contributed by atoms with E-state index in [0.717, 1.165) is 16.3 Å². The second-order valence-electron chi connectivity index (χ2n) is 7.82. The lowest BCUT2D eigenvalue weighted by Gasteiger charge is -2.19. The number of aromatic nitrogens is 2. The molecule has 7 heteroatoms. The average molecular weight is 365 g/mol. The van der Waals surface area contributed by atoms with Crippen molar-refractivity contribution in [3.05, 3.63) is 18.0 Å². The summed E-state index contributed by atoms with van der Waals surface area (Å²) in [5.74, 6) is 1.25. The Labute approximate surface area is 153 Å². The van der Waals surface area contributed by atoms with Crippen LogP contribution in [0.3, 0.4) is 0 Å². The molecule has 2 heterocycles. The van der Waals surface area contributed by atoms with Crippen molar-refractivity contribution in [3.8, 4) is 5.75 Å². The van der Waals surface area contributed by atoms with E-state index in [1.54, 1.807) is 18.9 Å². The topological polar surface area (TPSA) is 64.9 Å². The zero-order chi connectivity index (χ0) is 19.0. The van der Waals surface area contributed by atoms with Gasteiger partial charge < -0.3 is 13.9 Å². The molecule has 0 atom stereocenters. The Kier molecular flexibility index (Phi) is 5.27. The minimum atomic E-state index is -0.559. The number of fused-ring (bicyclic) bond motifs is 1. The molecule has 0 aliphatic heterocycles. The molecule has 0 bridgehead atoms. The maximum absolute atomic E-state index is 12.0. The van der Waals surface area contributed by atoms with Gasteiger partial charge in [-0.2, -0.15) is 0 Å². The molecule has 2 aromatic rings. The predicted octanol–water partition coefficient (Wildman–Crippen LogP) is 4.89. The van der Waals surface area contributed by atoms with Crippen LogP contribution in [0.5, 0.6) is 5.75 Å². The van der Waals surface area contributed by atoms with E-state index in [2.05, 4.69) is 31.1 Å². The first-order valence-electron chi connectivity index (χ1n) is 8.15. The van der Waals surface area contributed by atoms with Crippen LogP contribution in [0.15, 0.2) is 17.2 Å². The number of carbonyl (C=O) groups is 1. The number of aryl methyl sites for hydroxylation is 1. The average Bonchev–Trinajstić information content (AvgIpc) is 2.70. The fraction of sp³-hybridized carbons (Fsp3) is 0.556. The Bertz CT molecular complexity index is 785. The van der Waals surface area contributed by atoms with E-state index >= 15 is 0 Å². The van der Waals surface area contributed by atoms with Gasteiger partial charge >= 0.3 is 6.09 Å². The number of hydrogen-bond acceptors (Lipinski definition) is 5. The lowest BCUT2D eigenvalue weighted by atomic mass is 10.2. The zero-order valence-corrected chi connectivity index (χ0v) is 17.0. The summed E-state index contributed by atoms with van der Waals surface area (Å²) in [6, 6.07) is 1.88. The van der Waals surface area contributed by atoms with Gasteiger partial charge in [0.25, 0.3) is 0 Å². The number of pyridine rings is 1. The lowest BCUT2D eigenvalue weighted by Crippen LogP contribution is -2.27. The van der Waals surface area contributed by atoms with Gasteiger partial charge in [0.05, 0.1) is 17.7 Å². The summed E-state index contributed by atoms with van der Waals surface area (Å²) in [7, 11) is 1.65. The molecule has 0 radical (unpaired) electrons. The molecule has 0 aliphatic rings. The van der Waals surface area contributed by atoms with Gasteiger partial charge in [0, 0.05) is 17.0 Å². The number of nitrogens with zero attached hydrogens (tertiary/aromatic N) is 2. The summed E-state index contributed by atoms with van der Waals surface area (Å²) in [5.41, 5.74) is 0.981. The molecule has 138 valence electrons. The van der Waals surface area contributed by atoms with Crippen LogP contribution in [0.25, 0.3) is 5.65 Å². The molecule has 0 aliphatic carbocycles. The molecule has 0 aromatic carbocycles. The van der Waals surface area contributed by atoms with E-state index in [1.807, 2.05) is 44.4 Å². The van der Waals surface area contributed by atoms with Gasteiger partial charge in [-0.15, -0.1) is 11.8 Å². The number of nitrogens with one attached hydrogen (secondary N) is 1. The summed E-state index contributed by atoms with van der Waals surface area (Å²) in [4.78, 5) is 17.5. The highest BCUT2D eigenvalue weighted by Crippen LogP contribution is 2.39. The third-order valence-electron chi connectivity index (χ3n) is 3.18. The Morgan fingerprint density at radius 1 is 1.24 bits per heavy atom. The summed E-state index contributed by atoms with van der Waals surface area (Å²) < 4.78 is 12.8. The first-order valence-corrected chi connectivity index (χ1v) is 8.97. The smallest absolute Gasteiger partial charge is 0.413 e. The Hall–Kier alpha value is -1.89. The number of anilines is 1. The monoisotopic (exact) mass is 365 g/mol. The molecule has 0 fully saturated rings. The van der Waals surface area contributed by atoms with Crippen LogP contribution in [0, 0.1) is 6.92 Å². The van der Waals surface area contributed by atoms with Crippen molar-refractivity contribution in [1.82, 2.24) is 9.38 Å². The van der Waals surface area contributed by atoms with Gasteiger partial charge in [-0.1, -0.05) is 20.8 Å². The van der Waals surface area contributed by atoms with E-state index in [1.165, 1.54) is 0 Å². The van der Waals surface area contributed by atoms with E-state index in [9.17, 15) is 4.79 Å². The first-order chi connectivity index (χ1) is 11.4. The molecular formula is C18H27N3O3S. The van der Waals surface area contributed by atoms with Crippen molar-refractivity contribution in [3.63, 3.8) is 0 Å². The number of imidazole rings is 1. The van der Waals surface area contributed by atoms with Gasteiger partial charge in [0.15, 0.2) is 5.82 Å². The molecule has 6 nitrogen and oxygen atoms in total. The SMILES string of the molecule is COc1cc2nc(NC(=O)OC(C)(C)C)c(C)n2cc1SC(C)(C)C. The standard InChI is InChI=1S/C18H27N3O3S/c1-11-15(20-16(22)24-17(2,3)4)19-14-9-12(23-8)13(10-21(11)14)25-18(5,6)7/h9-10H,1-8H3,(H,20,22). The van der Waals surface area contributed by atoms with E-state index in [4.69, 9.17) is 9.47 Å². The van der Waals surface area contributed by atoms with E-state index in [-0.39, 0.29) is 4.75 Å². The lowest BCUT2D eigenvalue weighted by molar-refractivity contribution is 0.0635. The fourth-order valence-electron chi connectivity index (χ4n) is 2.25. The summed E-state index contributed by atoms with van der Waals surface area (Å²) in [6.07, 6.45) is 1.47. The Morgan fingerprint density at radius 3 is 2.40 bits per heavy atom. The van der Waals surface area contributed by atoms with Crippen LogP contribution in [0.2, 0.25) is 0 Å². The quantitative estimate of drug-likeness (QED) is 0.785. The van der Waals surface area contributed by atoms with Gasteiger partial charge in [0.1, 0.15) is 17.0 Å². The van der Waals surface area contributed by atoms with E-state index < -0.39 is 11.7 Å². The molecule has 25 heavy (non-hydrogen) atoms. The number of thioether (sulfide) groups is 1. The third kappa shape index (κ3) is 5.04. The minimum absolute atomic E-state index is 0.0486. The maximum Gasteiger partial charge on any atom is 0.413 e. The molecule has 1 N–H and O–H groups in total. The van der Waals surface area contributed by atoms with Crippen LogP contribution in [-0.4, -0.2) is 32.9 Å². The van der Waals surface area contributed by atoms with Crippen molar-refractivity contribution < 1.29 is 14.3 Å². The summed E-state index contributed by atoms with van der Waals surface area (Å²) >= 11 is 1.72. The molecule has 0 unspecified atom stereocenters. The fourth-order valence-corrected chi connectivity index (χ4v) is 3.31. The van der Waals surface area contributed by atoms with Crippen molar-refractivity contribution in [2.24, 2.45) is 0 Å². The number of rotatable bonds is 3. The zero-order valence-electron chi connectivity index (χ0n) is 16.2. The van der Waals surface area contributed by atoms with Gasteiger partial charge in [-0.05, 0) is 27.7 Å². The van der Waals surface area contributed by atoms with Crippen LogP contribution in [0.4, 0.5) is 10.6 Å². The normalized spacial score (nSPS) is 12.3. The molecular weight excluding hydrogens is 338 g/mol. The highest BCUT2D eigenvalue weighted by molar-refractivity contribution is 8.00. The van der Waals surface area contributed by atoms with Crippen molar-refractivity contribution >= 4 is 29.3 Å². The molecule has 0 spiro atoms. The molecule has 0 saturated heterocycles. The highest BCUT2D eigenvalue weighted by atomic mass is 32.2. The Morgan fingerprint density at radius 2 is 1.88 bits per heavy atom. The van der Waals surface area contributed by atoms with E-state index in [0.29, 0.717) is 11.5 Å². The van der Waals surface area contributed by atoms with Crippen molar-refractivity contribution in [1.29, 1.82) is 0 Å². The largest absolute Gasteiger partial charge is 0.495 e. The molecule has 1 amide bonds. The van der Waals surface area contributed by atoms with Gasteiger partial charge in [-0.25, -0.2) is 9.78 Å². The van der Waals surface area contributed by atoms with Crippen LogP contribution < -0.4 is 10.1 Å². The van der Waals surface area contributed by atoms with Gasteiger partial charge in [0.2, 0.25) is 0 Å². The van der Waals surface area contributed by atoms with Gasteiger partial charge in [-0.3, -0.25) is 5.32 Å². The van der Waals surface area contributed by atoms with Crippen LogP contribution in [-0.2, 0) is 4.74 Å². The second kappa shape index (κ2) is 6.78. The molecule has 0 saturated carbocycles. The summed E-state index contributed by atoms with van der Waals surface area (Å²) in [5, 5.41) is 2.72. The first kappa shape index (κ1) is 19.4. The second-order valence-corrected chi connectivity index (χ2v) is 9.69. The van der Waals surface area contributed by atoms with Crippen molar-refractivity contribution in [2.45, 2.75) is 63.7 Å². The predicted molar refractivity (Wildman–Crippen MR) is 102 cm³/mol. The van der Waals surface area contributed by atoms with Crippen LogP contribution in [0.1, 0.15) is 47.2 Å². The number of ether oxygens (including phenoxy) is 2. The van der Waals surface area contributed by atoms with Crippen molar-refractivity contribution in [2.75, 3.05) is 12.4 Å².